The third kappa shape index (κ3) is 3.89. The van der Waals surface area contributed by atoms with Crippen molar-refractivity contribution in [2.24, 2.45) is 0 Å². The van der Waals surface area contributed by atoms with E-state index < -0.39 is 0 Å². The molecule has 2 N–H and O–H groups in total. The van der Waals surface area contributed by atoms with Gasteiger partial charge in [-0.25, -0.2) is 9.97 Å². The highest BCUT2D eigenvalue weighted by molar-refractivity contribution is 5.94. The van der Waals surface area contributed by atoms with Crippen LogP contribution in [-0.4, -0.2) is 47.1 Å². The number of carbonyl (C=O) groups excluding carboxylic acids is 1. The first-order chi connectivity index (χ1) is 11.6. The number of anilines is 1. The summed E-state index contributed by atoms with van der Waals surface area (Å²) < 4.78 is 5.70. The maximum absolute atomic E-state index is 12.5. The summed E-state index contributed by atoms with van der Waals surface area (Å²) in [6.07, 6.45) is 4.89. The van der Waals surface area contributed by atoms with E-state index in [1.165, 1.54) is 12.7 Å². The Hall–Kier alpha value is -2.47. The summed E-state index contributed by atoms with van der Waals surface area (Å²) in [7, 11) is 1.82. The van der Waals surface area contributed by atoms with Gasteiger partial charge in [0.25, 0.3) is 5.91 Å². The molecule has 0 spiro atoms. The molecule has 1 saturated heterocycles. The van der Waals surface area contributed by atoms with E-state index in [9.17, 15) is 4.79 Å². The van der Waals surface area contributed by atoms with Gasteiger partial charge < -0.3 is 15.4 Å². The van der Waals surface area contributed by atoms with Crippen molar-refractivity contribution >= 4 is 11.7 Å². The number of ether oxygens (including phenoxy) is 1. The van der Waals surface area contributed by atoms with E-state index in [4.69, 9.17) is 10.5 Å². The molecule has 1 fully saturated rings. The van der Waals surface area contributed by atoms with Crippen LogP contribution < -0.4 is 5.73 Å². The summed E-state index contributed by atoms with van der Waals surface area (Å²) in [5, 5.41) is 0. The molecule has 1 aliphatic rings. The molecular formula is C18H22N4O2. The minimum atomic E-state index is -0.00192. The van der Waals surface area contributed by atoms with Gasteiger partial charge in [0.15, 0.2) is 0 Å². The Labute approximate surface area is 141 Å². The molecule has 6 nitrogen and oxygen atoms in total. The number of benzene rings is 1. The normalized spacial score (nSPS) is 17.5. The largest absolute Gasteiger partial charge is 0.384 e. The molecule has 24 heavy (non-hydrogen) atoms. The van der Waals surface area contributed by atoms with Crippen LogP contribution in [0.4, 0.5) is 5.82 Å². The molecule has 1 amide bonds. The molecule has 1 aromatic heterocycles. The van der Waals surface area contributed by atoms with Crippen LogP contribution in [0.5, 0.6) is 0 Å². The Morgan fingerprint density at radius 3 is 2.75 bits per heavy atom. The molecule has 3 rings (SSSR count). The van der Waals surface area contributed by atoms with E-state index in [2.05, 4.69) is 9.97 Å². The lowest BCUT2D eigenvalue weighted by Crippen LogP contribution is -2.37. The van der Waals surface area contributed by atoms with Crippen molar-refractivity contribution in [3.8, 4) is 11.3 Å². The number of hydrogen-bond acceptors (Lipinski definition) is 5. The second-order valence-corrected chi connectivity index (χ2v) is 6.08. The first-order valence-corrected chi connectivity index (χ1v) is 8.18. The van der Waals surface area contributed by atoms with E-state index >= 15 is 0 Å². The molecule has 126 valence electrons. The van der Waals surface area contributed by atoms with Crippen LogP contribution in [0.25, 0.3) is 11.3 Å². The number of nitrogens with zero attached hydrogens (tertiary/aromatic N) is 3. The van der Waals surface area contributed by atoms with Crippen LogP contribution in [0.15, 0.2) is 36.7 Å². The molecule has 2 aromatic rings. The zero-order chi connectivity index (χ0) is 16.9. The van der Waals surface area contributed by atoms with Crippen LogP contribution in [0.2, 0.25) is 0 Å². The Balaban J connectivity index is 1.67. The predicted molar refractivity (Wildman–Crippen MR) is 92.4 cm³/mol. The van der Waals surface area contributed by atoms with Gasteiger partial charge in [0.2, 0.25) is 0 Å². The van der Waals surface area contributed by atoms with E-state index in [1.807, 2.05) is 31.3 Å². The number of nitrogen functional groups attached to an aromatic ring is 1. The molecule has 0 aliphatic carbocycles. The second kappa shape index (κ2) is 7.40. The van der Waals surface area contributed by atoms with Crippen LogP contribution >= 0.6 is 0 Å². The summed E-state index contributed by atoms with van der Waals surface area (Å²) in [5.41, 5.74) is 7.97. The number of amides is 1. The zero-order valence-corrected chi connectivity index (χ0v) is 13.8. The first-order valence-electron chi connectivity index (χ1n) is 8.18. The Bertz CT molecular complexity index is 696. The number of aromatic nitrogens is 2. The molecule has 0 unspecified atom stereocenters. The average Bonchev–Trinajstić information content (AvgIpc) is 2.62. The van der Waals surface area contributed by atoms with Gasteiger partial charge in [-0.15, -0.1) is 0 Å². The standard InChI is InChI=1S/C18H22N4O2/c1-22(11-15-4-2-3-9-24-15)18(23)14-7-5-13(6-8-14)16-10-17(19)21-12-20-16/h5-8,10,12,15H,2-4,9,11H2,1H3,(H2,19,20,21)/t15-/m1/s1. The predicted octanol–water partition coefficient (Wildman–Crippen LogP) is 2.37. The molecule has 1 aromatic carbocycles. The van der Waals surface area contributed by atoms with Crippen molar-refractivity contribution in [2.45, 2.75) is 25.4 Å². The maximum atomic E-state index is 12.5. The maximum Gasteiger partial charge on any atom is 0.253 e. The van der Waals surface area contributed by atoms with Crippen molar-refractivity contribution < 1.29 is 9.53 Å². The molecule has 1 aliphatic heterocycles. The van der Waals surface area contributed by atoms with Crippen LogP contribution in [0, 0.1) is 0 Å². The molecular weight excluding hydrogens is 304 g/mol. The van der Waals surface area contributed by atoms with Gasteiger partial charge in [0.05, 0.1) is 11.8 Å². The van der Waals surface area contributed by atoms with Gasteiger partial charge >= 0.3 is 0 Å². The highest BCUT2D eigenvalue weighted by Gasteiger charge is 2.19. The number of nitrogens with two attached hydrogens (primary N) is 1. The van der Waals surface area contributed by atoms with Gasteiger partial charge in [-0.2, -0.15) is 0 Å². The smallest absolute Gasteiger partial charge is 0.253 e. The number of rotatable bonds is 4. The van der Waals surface area contributed by atoms with Crippen molar-refractivity contribution in [3.63, 3.8) is 0 Å². The van der Waals surface area contributed by atoms with Gasteiger partial charge in [-0.05, 0) is 31.4 Å². The van der Waals surface area contributed by atoms with Gasteiger partial charge in [0.1, 0.15) is 12.1 Å². The highest BCUT2D eigenvalue weighted by atomic mass is 16.5. The lowest BCUT2D eigenvalue weighted by molar-refractivity contribution is -0.000186. The lowest BCUT2D eigenvalue weighted by atomic mass is 10.1. The average molecular weight is 326 g/mol. The van der Waals surface area contributed by atoms with E-state index in [0.717, 1.165) is 30.7 Å². The third-order valence-corrected chi connectivity index (χ3v) is 4.21. The fraction of sp³-hybridized carbons (Fsp3) is 0.389. The quantitative estimate of drug-likeness (QED) is 0.933. The molecule has 0 saturated carbocycles. The molecule has 0 radical (unpaired) electrons. The lowest BCUT2D eigenvalue weighted by Gasteiger charge is -2.27. The molecule has 6 heteroatoms. The summed E-state index contributed by atoms with van der Waals surface area (Å²) in [4.78, 5) is 22.4. The topological polar surface area (TPSA) is 81.3 Å². The van der Waals surface area contributed by atoms with Crippen molar-refractivity contribution in [1.29, 1.82) is 0 Å². The summed E-state index contributed by atoms with van der Waals surface area (Å²) in [6.45, 7) is 1.42. The molecule has 0 bridgehead atoms. The minimum absolute atomic E-state index is 0.00192. The highest BCUT2D eigenvalue weighted by Crippen LogP contribution is 2.19. The number of hydrogen-bond donors (Lipinski definition) is 1. The number of carbonyl (C=O) groups is 1. The fourth-order valence-electron chi connectivity index (χ4n) is 2.87. The SMILES string of the molecule is CN(C[C@H]1CCCCO1)C(=O)c1ccc(-c2cc(N)ncn2)cc1. The van der Waals surface area contributed by atoms with Gasteiger partial charge in [-0.1, -0.05) is 12.1 Å². The van der Waals surface area contributed by atoms with Gasteiger partial charge in [0, 0.05) is 37.4 Å². The van der Waals surface area contributed by atoms with Crippen molar-refractivity contribution in [2.75, 3.05) is 25.9 Å². The second-order valence-electron chi connectivity index (χ2n) is 6.08. The summed E-state index contributed by atoms with van der Waals surface area (Å²) in [5.74, 6) is 0.422. The monoisotopic (exact) mass is 326 g/mol. The third-order valence-electron chi connectivity index (χ3n) is 4.21. The van der Waals surface area contributed by atoms with E-state index in [-0.39, 0.29) is 12.0 Å². The summed E-state index contributed by atoms with van der Waals surface area (Å²) >= 11 is 0. The Morgan fingerprint density at radius 1 is 1.29 bits per heavy atom. The minimum Gasteiger partial charge on any atom is -0.384 e. The van der Waals surface area contributed by atoms with Crippen molar-refractivity contribution in [1.82, 2.24) is 14.9 Å². The summed E-state index contributed by atoms with van der Waals surface area (Å²) in [6, 6.07) is 9.09. The Kier molecular flexibility index (Phi) is 5.05. The van der Waals surface area contributed by atoms with E-state index in [0.29, 0.717) is 17.9 Å². The molecule has 1 atom stereocenters. The molecule has 2 heterocycles. The van der Waals surface area contributed by atoms with Crippen LogP contribution in [0.1, 0.15) is 29.6 Å². The first kappa shape index (κ1) is 16.4. The number of likely N-dealkylation sites (N-methyl/N-ethyl adjacent to an activating group) is 1. The Morgan fingerprint density at radius 2 is 2.08 bits per heavy atom. The van der Waals surface area contributed by atoms with Gasteiger partial charge in [-0.3, -0.25) is 4.79 Å². The van der Waals surface area contributed by atoms with Crippen molar-refractivity contribution in [3.05, 3.63) is 42.2 Å². The van der Waals surface area contributed by atoms with Crippen LogP contribution in [0.3, 0.4) is 0 Å². The van der Waals surface area contributed by atoms with E-state index in [1.54, 1.807) is 11.0 Å². The zero-order valence-electron chi connectivity index (χ0n) is 13.8. The fourth-order valence-corrected chi connectivity index (χ4v) is 2.87. The van der Waals surface area contributed by atoms with Crippen LogP contribution in [-0.2, 0) is 4.74 Å².